The van der Waals surface area contributed by atoms with Crippen molar-refractivity contribution in [3.05, 3.63) is 162 Å². The summed E-state index contributed by atoms with van der Waals surface area (Å²) in [5, 5.41) is 4.52. The maximum atomic E-state index is 7.79. The lowest BCUT2D eigenvalue weighted by Gasteiger charge is -2.20. The van der Waals surface area contributed by atoms with Crippen LogP contribution in [-0.4, -0.2) is 39.0 Å². The third-order valence-electron chi connectivity index (χ3n) is 10.7. The Hall–Kier alpha value is -7.57. The zero-order chi connectivity index (χ0) is 38.9. The molecule has 0 bridgehead atoms. The number of nitrogens with zero attached hydrogens (tertiary/aromatic N) is 9. The molecule has 0 fully saturated rings. The van der Waals surface area contributed by atoms with Gasteiger partial charge >= 0.3 is 0 Å². The Morgan fingerprint density at radius 1 is 0.421 bits per heavy atom. The molecule has 0 N–H and O–H groups in total. The van der Waals surface area contributed by atoms with Crippen LogP contribution in [0.25, 0.3) is 93.7 Å². The first-order valence-electron chi connectivity index (χ1n) is 18.8. The second-order valence-corrected chi connectivity index (χ2v) is 14.5. The van der Waals surface area contributed by atoms with Crippen LogP contribution in [0, 0.1) is 41.2 Å². The predicted molar refractivity (Wildman–Crippen MR) is 228 cm³/mol. The summed E-state index contributed by atoms with van der Waals surface area (Å²) in [5.41, 5.74) is 11.7. The van der Waals surface area contributed by atoms with Crippen LogP contribution < -0.4 is 0 Å². The number of aryl methyl sites for hydroxylation is 5. The summed E-state index contributed by atoms with van der Waals surface area (Å²) in [6, 6.07) is 42.5. The Labute approximate surface area is 328 Å². The topological polar surface area (TPSA) is 91.6 Å². The minimum absolute atomic E-state index is 0.598. The molecule has 0 aliphatic carbocycles. The number of para-hydroxylation sites is 2. The second kappa shape index (κ2) is 13.0. The predicted octanol–water partition coefficient (Wildman–Crippen LogP) is 11.3. The van der Waals surface area contributed by atoms with E-state index in [1.165, 1.54) is 0 Å². The average Bonchev–Trinajstić information content (AvgIpc) is 3.72. The largest absolute Gasteiger partial charge is 0.307 e. The molecule has 0 amide bonds. The first kappa shape index (κ1) is 34.0. The van der Waals surface area contributed by atoms with Gasteiger partial charge in [-0.2, -0.15) is 0 Å². The van der Waals surface area contributed by atoms with Gasteiger partial charge in [-0.25, -0.2) is 34.7 Å². The Balaban J connectivity index is 1.34. The molecule has 10 aromatic rings. The van der Waals surface area contributed by atoms with Gasteiger partial charge in [-0.05, 0) is 93.8 Å². The minimum atomic E-state index is 0.598. The Bertz CT molecular complexity index is 3290. The van der Waals surface area contributed by atoms with Gasteiger partial charge in [-0.15, -0.1) is 0 Å². The normalized spacial score (nSPS) is 11.6. The molecule has 4 heterocycles. The highest BCUT2D eigenvalue weighted by Crippen LogP contribution is 2.42. The molecule has 0 saturated heterocycles. The smallest absolute Gasteiger partial charge is 0.187 e. The first-order valence-corrected chi connectivity index (χ1v) is 18.8. The monoisotopic (exact) mass is 737 g/mol. The van der Waals surface area contributed by atoms with Crippen molar-refractivity contribution in [2.75, 3.05) is 0 Å². The van der Waals surface area contributed by atoms with Crippen molar-refractivity contribution >= 4 is 49.3 Å². The molecule has 272 valence electrons. The van der Waals surface area contributed by atoms with Gasteiger partial charge in [0.25, 0.3) is 0 Å². The van der Waals surface area contributed by atoms with E-state index in [1.54, 1.807) is 0 Å². The molecule has 0 unspecified atom stereocenters. The van der Waals surface area contributed by atoms with Crippen molar-refractivity contribution in [2.45, 2.75) is 34.6 Å². The average molecular weight is 738 g/mol. The molecule has 0 radical (unpaired) electrons. The summed E-state index contributed by atoms with van der Waals surface area (Å²) < 4.78 is 4.75. The Kier molecular flexibility index (Phi) is 7.76. The quantitative estimate of drug-likeness (QED) is 0.163. The van der Waals surface area contributed by atoms with E-state index in [1.807, 2.05) is 45.9 Å². The van der Waals surface area contributed by atoms with E-state index in [2.05, 4.69) is 134 Å². The summed E-state index contributed by atoms with van der Waals surface area (Å²) in [5.74, 6) is 4.00. The van der Waals surface area contributed by atoms with E-state index in [-0.39, 0.29) is 0 Å². The molecule has 9 heteroatoms. The molecule has 4 aromatic heterocycles. The highest BCUT2D eigenvalue weighted by molar-refractivity contribution is 6.12. The maximum absolute atomic E-state index is 7.79. The lowest BCUT2D eigenvalue weighted by molar-refractivity contribution is 0.928. The van der Waals surface area contributed by atoms with Crippen LogP contribution in [0.15, 0.2) is 121 Å². The van der Waals surface area contributed by atoms with Gasteiger partial charge in [0.1, 0.15) is 23.3 Å². The van der Waals surface area contributed by atoms with Gasteiger partial charge in [-0.3, -0.25) is 0 Å². The number of rotatable bonds is 5. The summed E-state index contributed by atoms with van der Waals surface area (Å²) in [7, 11) is 0. The first-order chi connectivity index (χ1) is 27.7. The highest BCUT2D eigenvalue weighted by Gasteiger charge is 2.23. The van der Waals surface area contributed by atoms with Crippen LogP contribution in [0.1, 0.15) is 28.9 Å². The molecular formula is C48H35N9. The van der Waals surface area contributed by atoms with Gasteiger partial charge in [0, 0.05) is 32.7 Å². The van der Waals surface area contributed by atoms with Crippen molar-refractivity contribution in [3.63, 3.8) is 0 Å². The minimum Gasteiger partial charge on any atom is -0.307 e. The molecule has 57 heavy (non-hydrogen) atoms. The maximum Gasteiger partial charge on any atom is 0.187 e. The molecule has 0 spiro atoms. The summed E-state index contributed by atoms with van der Waals surface area (Å²) in [6.07, 6.45) is 0. The third-order valence-corrected chi connectivity index (χ3v) is 10.7. The molecular weight excluding hydrogens is 703 g/mol. The van der Waals surface area contributed by atoms with E-state index in [4.69, 9.17) is 26.5 Å². The summed E-state index contributed by atoms with van der Waals surface area (Å²) >= 11 is 0. The lowest BCUT2D eigenvalue weighted by Crippen LogP contribution is -2.05. The number of fused-ring (bicyclic) bond motifs is 6. The fourth-order valence-electron chi connectivity index (χ4n) is 8.32. The van der Waals surface area contributed by atoms with Crippen LogP contribution in [0.4, 0.5) is 5.69 Å². The van der Waals surface area contributed by atoms with Gasteiger partial charge in [0.05, 0.1) is 40.0 Å². The van der Waals surface area contributed by atoms with Crippen molar-refractivity contribution in [1.29, 1.82) is 0 Å². The van der Waals surface area contributed by atoms with Crippen LogP contribution in [-0.2, 0) is 0 Å². The van der Waals surface area contributed by atoms with E-state index in [0.29, 0.717) is 40.6 Å². The fraction of sp³-hybridized carbons (Fsp3) is 0.104. The molecule has 0 saturated carbocycles. The Morgan fingerprint density at radius 3 is 1.40 bits per heavy atom. The SMILES string of the molecule is [C-]#[N+]c1cccc(-c2cc(-n3c4ccccc4c4ccc(-c5nc(C)nc(C)n5)cc43)c(-n3c4ccccc4c4ccc(-c5nc(C)nc(C)n5)cc43)cc2C)c1. The van der Waals surface area contributed by atoms with Crippen LogP contribution in [0.5, 0.6) is 0 Å². The van der Waals surface area contributed by atoms with Gasteiger partial charge in [0.15, 0.2) is 17.3 Å². The molecule has 0 atom stereocenters. The van der Waals surface area contributed by atoms with Gasteiger partial charge in [0.2, 0.25) is 0 Å². The van der Waals surface area contributed by atoms with Crippen molar-refractivity contribution < 1.29 is 0 Å². The zero-order valence-electron chi connectivity index (χ0n) is 32.1. The number of aromatic nitrogens is 8. The second-order valence-electron chi connectivity index (χ2n) is 14.5. The third kappa shape index (κ3) is 5.61. The van der Waals surface area contributed by atoms with Crippen molar-refractivity contribution in [3.8, 4) is 45.3 Å². The standard InChI is InChI=1S/C48H35N9/c1-27-22-45(56-41-16-9-7-14-36(41)38-20-18-33(24-43(38)56)47-52-28(2)50-29(3)53-47)46(26-40(27)32-12-11-13-35(23-32)49-6)57-42-17-10-8-15-37(42)39-21-19-34(25-44(39)57)48-54-30(4)51-31(5)55-48/h7-26H,1-5H3. The highest BCUT2D eigenvalue weighted by atomic mass is 15.1. The fourth-order valence-corrected chi connectivity index (χ4v) is 8.32. The molecule has 6 aromatic carbocycles. The molecule has 9 nitrogen and oxygen atoms in total. The molecule has 10 rings (SSSR count). The van der Waals surface area contributed by atoms with Gasteiger partial charge < -0.3 is 9.13 Å². The summed E-state index contributed by atoms with van der Waals surface area (Å²) in [6.45, 7) is 17.5. The van der Waals surface area contributed by atoms with Gasteiger partial charge in [-0.1, -0.05) is 78.9 Å². The number of hydrogen-bond acceptors (Lipinski definition) is 6. The van der Waals surface area contributed by atoms with E-state index >= 15 is 0 Å². The van der Waals surface area contributed by atoms with Crippen LogP contribution >= 0.6 is 0 Å². The van der Waals surface area contributed by atoms with E-state index in [0.717, 1.165) is 82.8 Å². The summed E-state index contributed by atoms with van der Waals surface area (Å²) in [4.78, 5) is 31.6. The van der Waals surface area contributed by atoms with Crippen LogP contribution in [0.2, 0.25) is 0 Å². The van der Waals surface area contributed by atoms with Crippen molar-refractivity contribution in [1.82, 2.24) is 39.0 Å². The Morgan fingerprint density at radius 2 is 0.895 bits per heavy atom. The lowest BCUT2D eigenvalue weighted by atomic mass is 9.98. The molecule has 0 aliphatic rings. The zero-order valence-corrected chi connectivity index (χ0v) is 32.1. The van der Waals surface area contributed by atoms with E-state index in [9.17, 15) is 0 Å². The van der Waals surface area contributed by atoms with Crippen LogP contribution in [0.3, 0.4) is 0 Å². The number of benzene rings is 6. The van der Waals surface area contributed by atoms with Crippen molar-refractivity contribution in [2.24, 2.45) is 0 Å². The van der Waals surface area contributed by atoms with E-state index < -0.39 is 0 Å². The number of hydrogen-bond donors (Lipinski definition) is 0. The molecule has 0 aliphatic heterocycles.